The van der Waals surface area contributed by atoms with Crippen LogP contribution in [0.5, 0.6) is 0 Å². The Labute approximate surface area is 235 Å². The Morgan fingerprint density at radius 3 is 2.62 bits per heavy atom. The number of nitro benzene ring substituents is 1. The summed E-state index contributed by atoms with van der Waals surface area (Å²) >= 11 is 7.55. The van der Waals surface area contributed by atoms with Crippen molar-refractivity contribution in [1.82, 2.24) is 0 Å². The lowest BCUT2D eigenvalue weighted by atomic mass is 9.72. The number of carbonyl (C=O) groups is 1. The van der Waals surface area contributed by atoms with Crippen molar-refractivity contribution in [1.29, 1.82) is 0 Å². The van der Waals surface area contributed by atoms with Crippen molar-refractivity contribution in [2.24, 2.45) is 16.3 Å². The zero-order chi connectivity index (χ0) is 27.7. The smallest absolute Gasteiger partial charge is 0.280 e. The largest absolute Gasteiger partial charge is 0.455 e. The number of amides is 1. The first-order chi connectivity index (χ1) is 18.6. The van der Waals surface area contributed by atoms with Crippen molar-refractivity contribution in [2.75, 3.05) is 5.32 Å². The number of nitro groups is 1. The van der Waals surface area contributed by atoms with Crippen molar-refractivity contribution in [3.63, 3.8) is 0 Å². The Morgan fingerprint density at radius 2 is 1.90 bits per heavy atom. The van der Waals surface area contributed by atoms with E-state index in [4.69, 9.17) is 21.0 Å². The normalized spacial score (nSPS) is 15.3. The molecule has 5 rings (SSSR count). The number of carbonyl (C=O) groups excluding carboxylic acids is 1. The topological polar surface area (TPSA) is 97.7 Å². The standard InChI is InChI=1S/C30H28ClN3O4S/c1-30(2,3)18-8-14-23-26(16-18)39-29(27(23)28(35)33-20-11-9-19(31)10-12-20)32-17-21-13-15-25(38-21)22-6-4-5-7-24(22)34(36)37/h4-7,9-13,15,17-18H,8,14,16H2,1-3H3,(H,33,35)/t18-/m1/s1. The molecule has 0 saturated heterocycles. The molecule has 0 fully saturated rings. The van der Waals surface area contributed by atoms with Gasteiger partial charge in [-0.3, -0.25) is 14.9 Å². The number of thiophene rings is 1. The zero-order valence-electron chi connectivity index (χ0n) is 21.9. The quantitative estimate of drug-likeness (QED) is 0.144. The van der Waals surface area contributed by atoms with Crippen LogP contribution in [0, 0.1) is 21.4 Å². The van der Waals surface area contributed by atoms with E-state index in [9.17, 15) is 14.9 Å². The van der Waals surface area contributed by atoms with Gasteiger partial charge in [-0.25, -0.2) is 4.99 Å². The summed E-state index contributed by atoms with van der Waals surface area (Å²) in [6, 6.07) is 16.8. The maximum Gasteiger partial charge on any atom is 0.280 e. The minimum absolute atomic E-state index is 0.0316. The fraction of sp³-hybridized carbons (Fsp3) is 0.267. The van der Waals surface area contributed by atoms with E-state index in [-0.39, 0.29) is 17.0 Å². The maximum atomic E-state index is 13.5. The molecule has 1 aliphatic carbocycles. The van der Waals surface area contributed by atoms with Crippen molar-refractivity contribution < 1.29 is 14.1 Å². The molecule has 9 heteroatoms. The summed E-state index contributed by atoms with van der Waals surface area (Å²) in [6.07, 6.45) is 4.29. The molecule has 1 amide bonds. The van der Waals surface area contributed by atoms with E-state index in [2.05, 4.69) is 26.1 Å². The van der Waals surface area contributed by atoms with Crippen molar-refractivity contribution in [2.45, 2.75) is 40.0 Å². The highest BCUT2D eigenvalue weighted by Gasteiger charge is 2.33. The predicted octanol–water partition coefficient (Wildman–Crippen LogP) is 8.72. The lowest BCUT2D eigenvalue weighted by molar-refractivity contribution is -0.384. The number of para-hydroxylation sites is 1. The average Bonchev–Trinajstić information content (AvgIpc) is 3.52. The van der Waals surface area contributed by atoms with Crippen molar-refractivity contribution in [3.8, 4) is 11.3 Å². The second-order valence-corrected chi connectivity index (χ2v) is 12.2. The van der Waals surface area contributed by atoms with Crippen LogP contribution in [0.2, 0.25) is 5.02 Å². The summed E-state index contributed by atoms with van der Waals surface area (Å²) in [7, 11) is 0. The number of halogens is 1. The Balaban J connectivity index is 1.48. The van der Waals surface area contributed by atoms with Gasteiger partial charge in [-0.05, 0) is 78.6 Å². The minimum atomic E-state index is -0.432. The zero-order valence-corrected chi connectivity index (χ0v) is 23.4. The molecule has 2 aromatic carbocycles. The van der Waals surface area contributed by atoms with Crippen LogP contribution in [-0.4, -0.2) is 17.0 Å². The molecule has 0 radical (unpaired) electrons. The van der Waals surface area contributed by atoms with E-state index in [1.54, 1.807) is 72.1 Å². The molecule has 0 spiro atoms. The monoisotopic (exact) mass is 561 g/mol. The Hall–Kier alpha value is -3.75. The van der Waals surface area contributed by atoms with Gasteiger partial charge in [0, 0.05) is 21.7 Å². The molecule has 2 heterocycles. The molecule has 0 aliphatic heterocycles. The van der Waals surface area contributed by atoms with Gasteiger partial charge in [-0.15, -0.1) is 11.3 Å². The number of rotatable bonds is 6. The van der Waals surface area contributed by atoms with Crippen molar-refractivity contribution in [3.05, 3.63) is 97.6 Å². The van der Waals surface area contributed by atoms with Crippen LogP contribution in [0.3, 0.4) is 0 Å². The van der Waals surface area contributed by atoms with Gasteiger partial charge in [-0.1, -0.05) is 44.5 Å². The number of furan rings is 1. The first kappa shape index (κ1) is 26.8. The second kappa shape index (κ2) is 10.8. The van der Waals surface area contributed by atoms with Crippen LogP contribution in [0.4, 0.5) is 16.4 Å². The van der Waals surface area contributed by atoms with Gasteiger partial charge in [0.2, 0.25) is 0 Å². The number of nitrogens with one attached hydrogen (secondary N) is 1. The summed E-state index contributed by atoms with van der Waals surface area (Å²) < 4.78 is 5.89. The summed E-state index contributed by atoms with van der Waals surface area (Å²) in [4.78, 5) is 30.4. The molecule has 4 aromatic rings. The Bertz CT molecular complexity index is 1560. The van der Waals surface area contributed by atoms with Crippen LogP contribution in [0.1, 0.15) is 53.8 Å². The molecule has 200 valence electrons. The number of aliphatic imine (C=N–C) groups is 1. The molecule has 0 unspecified atom stereocenters. The molecule has 7 nitrogen and oxygen atoms in total. The highest BCUT2D eigenvalue weighted by atomic mass is 35.5. The van der Waals surface area contributed by atoms with Gasteiger partial charge < -0.3 is 9.73 Å². The minimum Gasteiger partial charge on any atom is -0.455 e. The van der Waals surface area contributed by atoms with Gasteiger partial charge in [0.1, 0.15) is 16.5 Å². The molecule has 0 saturated carbocycles. The molecule has 0 bridgehead atoms. The van der Waals surface area contributed by atoms with E-state index < -0.39 is 4.92 Å². The summed E-state index contributed by atoms with van der Waals surface area (Å²) in [6.45, 7) is 6.78. The third-order valence-electron chi connectivity index (χ3n) is 7.10. The van der Waals surface area contributed by atoms with Gasteiger partial charge in [0.25, 0.3) is 11.6 Å². The highest BCUT2D eigenvalue weighted by molar-refractivity contribution is 7.16. The predicted molar refractivity (Wildman–Crippen MR) is 157 cm³/mol. The van der Waals surface area contributed by atoms with E-state index >= 15 is 0 Å². The number of nitrogens with zero attached hydrogens (tertiary/aromatic N) is 2. The van der Waals surface area contributed by atoms with Crippen molar-refractivity contribution >= 4 is 51.4 Å². The third-order valence-corrected chi connectivity index (χ3v) is 8.52. The van der Waals surface area contributed by atoms with Gasteiger partial charge >= 0.3 is 0 Å². The third kappa shape index (κ3) is 5.82. The molecular weight excluding hydrogens is 534 g/mol. The number of hydrogen-bond acceptors (Lipinski definition) is 6. The van der Waals surface area contributed by atoms with Gasteiger partial charge in [0.15, 0.2) is 0 Å². The Morgan fingerprint density at radius 1 is 1.15 bits per heavy atom. The maximum absolute atomic E-state index is 13.5. The van der Waals surface area contributed by atoms with E-state index in [0.717, 1.165) is 24.8 Å². The summed E-state index contributed by atoms with van der Waals surface area (Å²) in [5.41, 5.74) is 2.82. The van der Waals surface area contributed by atoms with Gasteiger partial charge in [-0.2, -0.15) is 0 Å². The van der Waals surface area contributed by atoms with E-state index in [1.807, 2.05) is 0 Å². The molecule has 1 N–H and O–H groups in total. The van der Waals surface area contributed by atoms with Crippen LogP contribution >= 0.6 is 22.9 Å². The molecular formula is C30H28ClN3O4S. The molecule has 2 aromatic heterocycles. The number of fused-ring (bicyclic) bond motifs is 1. The first-order valence-corrected chi connectivity index (χ1v) is 13.9. The average molecular weight is 562 g/mol. The lowest BCUT2D eigenvalue weighted by Crippen LogP contribution is -2.27. The van der Waals surface area contributed by atoms with E-state index in [0.29, 0.717) is 44.3 Å². The molecule has 39 heavy (non-hydrogen) atoms. The van der Waals surface area contributed by atoms with Crippen LogP contribution in [0.25, 0.3) is 11.3 Å². The van der Waals surface area contributed by atoms with Crippen LogP contribution < -0.4 is 5.32 Å². The first-order valence-electron chi connectivity index (χ1n) is 12.7. The Kier molecular flexibility index (Phi) is 7.42. The van der Waals surface area contributed by atoms with Crippen LogP contribution in [-0.2, 0) is 12.8 Å². The number of hydrogen-bond donors (Lipinski definition) is 1. The molecule has 1 atom stereocenters. The fourth-order valence-corrected chi connectivity index (χ4v) is 6.29. The molecule has 1 aliphatic rings. The summed E-state index contributed by atoms with van der Waals surface area (Å²) in [5, 5.41) is 15.6. The summed E-state index contributed by atoms with van der Waals surface area (Å²) in [5.74, 6) is 1.12. The number of anilines is 1. The van der Waals surface area contributed by atoms with Crippen LogP contribution in [0.15, 0.2) is 70.1 Å². The number of benzene rings is 2. The second-order valence-electron chi connectivity index (χ2n) is 10.7. The fourth-order valence-electron chi connectivity index (χ4n) is 4.89. The SMILES string of the molecule is CC(C)(C)[C@@H]1CCc2c(sc(N=Cc3ccc(-c4ccccc4[N+](=O)[O-])o3)c2C(=O)Nc2ccc(Cl)cc2)C1. The van der Waals surface area contributed by atoms with Gasteiger partial charge in [0.05, 0.1) is 22.3 Å². The van der Waals surface area contributed by atoms with E-state index in [1.165, 1.54) is 10.9 Å². The lowest BCUT2D eigenvalue weighted by Gasteiger charge is -2.33. The highest BCUT2D eigenvalue weighted by Crippen LogP contribution is 2.45.